The predicted octanol–water partition coefficient (Wildman–Crippen LogP) is 2.36. The van der Waals surface area contributed by atoms with E-state index in [2.05, 4.69) is 10.3 Å². The first-order valence-corrected chi connectivity index (χ1v) is 8.87. The van der Waals surface area contributed by atoms with Gasteiger partial charge in [-0.2, -0.15) is 0 Å². The van der Waals surface area contributed by atoms with Gasteiger partial charge in [-0.3, -0.25) is 9.78 Å². The number of amides is 1. The van der Waals surface area contributed by atoms with Gasteiger partial charge in [0.2, 0.25) is 0 Å². The van der Waals surface area contributed by atoms with Gasteiger partial charge in [-0.25, -0.2) is 0 Å². The van der Waals surface area contributed by atoms with Crippen LogP contribution in [0.1, 0.15) is 21.5 Å². The van der Waals surface area contributed by atoms with Gasteiger partial charge in [0.1, 0.15) is 0 Å². The van der Waals surface area contributed by atoms with Crippen LogP contribution >= 0.6 is 0 Å². The van der Waals surface area contributed by atoms with Gasteiger partial charge in [0.15, 0.2) is 11.5 Å². The number of rotatable bonds is 7. The van der Waals surface area contributed by atoms with Gasteiger partial charge in [-0.1, -0.05) is 0 Å². The highest BCUT2D eigenvalue weighted by Crippen LogP contribution is 2.33. The lowest BCUT2D eigenvalue weighted by atomic mass is 9.98. The normalized spacial score (nSPS) is 13.1. The molecule has 2 aromatic rings. The second kappa shape index (κ2) is 8.73. The average molecular weight is 371 g/mol. The zero-order valence-corrected chi connectivity index (χ0v) is 15.9. The van der Waals surface area contributed by atoms with Crippen molar-refractivity contribution in [3.63, 3.8) is 0 Å². The Morgan fingerprint density at radius 1 is 1.11 bits per heavy atom. The monoisotopic (exact) mass is 371 g/mol. The summed E-state index contributed by atoms with van der Waals surface area (Å²) in [5.41, 5.74) is 3.64. The molecule has 0 fully saturated rings. The number of nitrogens with one attached hydrogen (secondary N) is 1. The molecule has 1 aromatic heterocycles. The van der Waals surface area contributed by atoms with Gasteiger partial charge in [0, 0.05) is 39.1 Å². The maximum absolute atomic E-state index is 12.9. The lowest BCUT2D eigenvalue weighted by molar-refractivity contribution is 0.0734. The number of hydrogen-bond donors (Lipinski definition) is 1. The highest BCUT2D eigenvalue weighted by atomic mass is 16.5. The van der Waals surface area contributed by atoms with Gasteiger partial charge in [-0.15, -0.1) is 0 Å². The van der Waals surface area contributed by atoms with Crippen LogP contribution in [0.2, 0.25) is 0 Å². The number of fused-ring (bicyclic) bond motifs is 1. The Hall–Kier alpha value is -2.80. The molecule has 0 aliphatic carbocycles. The van der Waals surface area contributed by atoms with Gasteiger partial charge >= 0.3 is 0 Å². The molecule has 7 heteroatoms. The summed E-state index contributed by atoms with van der Waals surface area (Å²) in [5, 5.41) is 3.20. The SMILES string of the molecule is COCCNc1cncc(C(=O)N2CCc3cc(OC)c(OC)cc3C2)c1. The van der Waals surface area contributed by atoms with Crippen molar-refractivity contribution in [3.05, 3.63) is 47.3 Å². The number of ether oxygens (including phenoxy) is 3. The molecule has 27 heavy (non-hydrogen) atoms. The quantitative estimate of drug-likeness (QED) is 0.754. The molecule has 1 aromatic carbocycles. The molecule has 3 rings (SSSR count). The molecule has 1 aliphatic rings. The van der Waals surface area contributed by atoms with Crippen molar-refractivity contribution in [2.75, 3.05) is 46.3 Å². The summed E-state index contributed by atoms with van der Waals surface area (Å²) in [5.74, 6) is 1.37. The van der Waals surface area contributed by atoms with Crippen LogP contribution in [0.25, 0.3) is 0 Å². The predicted molar refractivity (Wildman–Crippen MR) is 103 cm³/mol. The van der Waals surface area contributed by atoms with Crippen LogP contribution in [-0.4, -0.2) is 56.8 Å². The summed E-state index contributed by atoms with van der Waals surface area (Å²) < 4.78 is 15.8. The topological polar surface area (TPSA) is 72.9 Å². The fourth-order valence-electron chi connectivity index (χ4n) is 3.19. The zero-order chi connectivity index (χ0) is 19.2. The fourth-order valence-corrected chi connectivity index (χ4v) is 3.19. The number of carbonyl (C=O) groups is 1. The molecule has 0 radical (unpaired) electrons. The van der Waals surface area contributed by atoms with Crippen molar-refractivity contribution in [2.24, 2.45) is 0 Å². The molecule has 1 N–H and O–H groups in total. The van der Waals surface area contributed by atoms with Crippen LogP contribution in [0.4, 0.5) is 5.69 Å². The van der Waals surface area contributed by atoms with E-state index < -0.39 is 0 Å². The summed E-state index contributed by atoms with van der Waals surface area (Å²) in [6, 6.07) is 5.78. The van der Waals surface area contributed by atoms with E-state index in [4.69, 9.17) is 14.2 Å². The first kappa shape index (κ1) is 19.0. The summed E-state index contributed by atoms with van der Waals surface area (Å²) in [6.07, 6.45) is 4.09. The van der Waals surface area contributed by atoms with Crippen molar-refractivity contribution >= 4 is 11.6 Å². The van der Waals surface area contributed by atoms with Crippen LogP contribution in [0.15, 0.2) is 30.6 Å². The molecule has 7 nitrogen and oxygen atoms in total. The van der Waals surface area contributed by atoms with E-state index in [1.54, 1.807) is 33.7 Å². The molecule has 0 unspecified atom stereocenters. The summed E-state index contributed by atoms with van der Waals surface area (Å²) in [6.45, 7) is 2.44. The molecule has 0 saturated carbocycles. The number of methoxy groups -OCH3 is 3. The second-order valence-corrected chi connectivity index (χ2v) is 6.33. The standard InChI is InChI=1S/C20H25N3O4/c1-25-7-5-22-17-8-15(11-21-12-17)20(24)23-6-4-14-9-18(26-2)19(27-3)10-16(14)13-23/h8-12,22H,4-7,13H2,1-3H3. The van der Waals surface area contributed by atoms with Crippen LogP contribution in [0, 0.1) is 0 Å². The maximum Gasteiger partial charge on any atom is 0.255 e. The number of benzene rings is 1. The lowest BCUT2D eigenvalue weighted by Gasteiger charge is -2.29. The molecule has 144 valence electrons. The number of hydrogen-bond acceptors (Lipinski definition) is 6. The summed E-state index contributed by atoms with van der Waals surface area (Å²) in [4.78, 5) is 19.0. The van der Waals surface area contributed by atoms with E-state index in [1.807, 2.05) is 23.1 Å². The van der Waals surface area contributed by atoms with Crippen LogP contribution in [-0.2, 0) is 17.7 Å². The molecule has 1 aliphatic heterocycles. The minimum atomic E-state index is -0.0293. The highest BCUT2D eigenvalue weighted by Gasteiger charge is 2.24. The first-order chi connectivity index (χ1) is 13.2. The third kappa shape index (κ3) is 4.31. The van der Waals surface area contributed by atoms with Gasteiger partial charge in [0.25, 0.3) is 5.91 Å². The third-order valence-corrected chi connectivity index (χ3v) is 4.63. The Morgan fingerprint density at radius 3 is 2.56 bits per heavy atom. The fraction of sp³-hybridized carbons (Fsp3) is 0.400. The van der Waals surface area contributed by atoms with E-state index in [0.717, 1.165) is 23.4 Å². The minimum Gasteiger partial charge on any atom is -0.493 e. The molecule has 2 heterocycles. The Labute approximate surface area is 159 Å². The largest absolute Gasteiger partial charge is 0.493 e. The summed E-state index contributed by atoms with van der Waals surface area (Å²) >= 11 is 0. The van der Waals surface area contributed by atoms with Gasteiger partial charge < -0.3 is 24.4 Å². The third-order valence-electron chi connectivity index (χ3n) is 4.63. The van der Waals surface area contributed by atoms with E-state index in [9.17, 15) is 4.79 Å². The smallest absolute Gasteiger partial charge is 0.255 e. The molecule has 1 amide bonds. The first-order valence-electron chi connectivity index (χ1n) is 8.87. The van der Waals surface area contributed by atoms with Crippen LogP contribution in [0.3, 0.4) is 0 Å². The van der Waals surface area contributed by atoms with E-state index in [1.165, 1.54) is 5.56 Å². The van der Waals surface area contributed by atoms with E-state index >= 15 is 0 Å². The van der Waals surface area contributed by atoms with E-state index in [0.29, 0.717) is 37.6 Å². The highest BCUT2D eigenvalue weighted by molar-refractivity contribution is 5.94. The Bertz CT molecular complexity index is 810. The average Bonchev–Trinajstić information content (AvgIpc) is 2.72. The van der Waals surface area contributed by atoms with Crippen molar-refractivity contribution in [2.45, 2.75) is 13.0 Å². The van der Waals surface area contributed by atoms with Crippen molar-refractivity contribution in [1.29, 1.82) is 0 Å². The van der Waals surface area contributed by atoms with Gasteiger partial charge in [-0.05, 0) is 35.7 Å². The van der Waals surface area contributed by atoms with Crippen molar-refractivity contribution in [3.8, 4) is 11.5 Å². The molecular formula is C20H25N3O4. The molecular weight excluding hydrogens is 346 g/mol. The Morgan fingerprint density at radius 2 is 1.85 bits per heavy atom. The number of pyridine rings is 1. The van der Waals surface area contributed by atoms with Crippen molar-refractivity contribution < 1.29 is 19.0 Å². The number of anilines is 1. The molecule has 0 saturated heterocycles. The minimum absolute atomic E-state index is 0.0293. The number of nitrogens with zero attached hydrogens (tertiary/aromatic N) is 2. The molecule has 0 atom stereocenters. The van der Waals surface area contributed by atoms with E-state index in [-0.39, 0.29) is 5.91 Å². The van der Waals surface area contributed by atoms with Gasteiger partial charge in [0.05, 0.1) is 32.1 Å². The Balaban J connectivity index is 1.75. The summed E-state index contributed by atoms with van der Waals surface area (Å²) in [7, 11) is 4.89. The van der Waals surface area contributed by atoms with Crippen LogP contribution < -0.4 is 14.8 Å². The molecule has 0 spiro atoms. The zero-order valence-electron chi connectivity index (χ0n) is 15.9. The maximum atomic E-state index is 12.9. The van der Waals surface area contributed by atoms with Crippen LogP contribution in [0.5, 0.6) is 11.5 Å². The number of aromatic nitrogens is 1. The second-order valence-electron chi connectivity index (χ2n) is 6.33. The number of carbonyl (C=O) groups excluding carboxylic acids is 1. The van der Waals surface area contributed by atoms with Crippen molar-refractivity contribution in [1.82, 2.24) is 9.88 Å². The molecule has 0 bridgehead atoms. The lowest BCUT2D eigenvalue weighted by Crippen LogP contribution is -2.36. The Kier molecular flexibility index (Phi) is 6.13.